The Kier molecular flexibility index (Phi) is 5.41. The first-order valence-electron chi connectivity index (χ1n) is 5.34. The first-order chi connectivity index (χ1) is 8.32. The molecule has 1 aromatic carbocycles. The summed E-state index contributed by atoms with van der Waals surface area (Å²) >= 11 is 11.7. The van der Waals surface area contributed by atoms with Gasteiger partial charge in [-0.05, 0) is 32.0 Å². The Hall–Kier alpha value is -0.810. The van der Waals surface area contributed by atoms with E-state index in [9.17, 15) is 9.90 Å². The van der Waals surface area contributed by atoms with Gasteiger partial charge >= 0.3 is 5.97 Å². The molecule has 1 aromatic rings. The fourth-order valence-electron chi connectivity index (χ4n) is 1.31. The van der Waals surface area contributed by atoms with Gasteiger partial charge in [0.1, 0.15) is 0 Å². The maximum absolute atomic E-state index is 11.2. The molecule has 0 spiro atoms. The van der Waals surface area contributed by atoms with Gasteiger partial charge in [-0.25, -0.2) is 4.79 Å². The number of carboxylic acids is 1. The van der Waals surface area contributed by atoms with Crippen molar-refractivity contribution in [3.05, 3.63) is 33.8 Å². The lowest BCUT2D eigenvalue weighted by atomic mass is 10.1. The van der Waals surface area contributed by atoms with E-state index >= 15 is 0 Å². The molecule has 0 bridgehead atoms. The Morgan fingerprint density at radius 1 is 1.33 bits per heavy atom. The van der Waals surface area contributed by atoms with Crippen LogP contribution in [0, 0.1) is 0 Å². The molecule has 100 valence electrons. The van der Waals surface area contributed by atoms with Crippen LogP contribution in [0.25, 0.3) is 0 Å². The lowest BCUT2D eigenvalue weighted by Gasteiger charge is -2.22. The molecule has 0 aromatic heterocycles. The molecule has 6 heteroatoms. The Balaban J connectivity index is 3.05. The molecule has 0 aliphatic carbocycles. The molecule has 0 amide bonds. The number of rotatable bonds is 5. The average molecular weight is 293 g/mol. The maximum Gasteiger partial charge on any atom is 0.337 e. The van der Waals surface area contributed by atoms with E-state index in [2.05, 4.69) is 0 Å². The van der Waals surface area contributed by atoms with Gasteiger partial charge in [0.05, 0.1) is 12.2 Å². The van der Waals surface area contributed by atoms with Crippen molar-refractivity contribution < 1.29 is 19.7 Å². The van der Waals surface area contributed by atoms with Crippen molar-refractivity contribution in [2.45, 2.75) is 32.2 Å². The molecule has 0 saturated carbocycles. The van der Waals surface area contributed by atoms with E-state index in [0.717, 1.165) is 0 Å². The Labute approximate surface area is 115 Å². The highest BCUT2D eigenvalue weighted by atomic mass is 35.5. The van der Waals surface area contributed by atoms with Crippen molar-refractivity contribution >= 4 is 29.2 Å². The molecule has 0 saturated heterocycles. The number of benzene rings is 1. The molecule has 3 atom stereocenters. The predicted molar refractivity (Wildman–Crippen MR) is 69.1 cm³/mol. The summed E-state index contributed by atoms with van der Waals surface area (Å²) in [7, 11) is 0. The molecular formula is C12H14Cl2O4. The van der Waals surface area contributed by atoms with E-state index in [1.165, 1.54) is 19.1 Å². The van der Waals surface area contributed by atoms with Gasteiger partial charge in [-0.2, -0.15) is 0 Å². The highest BCUT2D eigenvalue weighted by molar-refractivity contribution is 6.33. The number of aliphatic hydroxyl groups excluding tert-OH is 1. The summed E-state index contributed by atoms with van der Waals surface area (Å²) in [4.78, 5) is 11.2. The first kappa shape index (κ1) is 15.2. The second-order valence-electron chi connectivity index (χ2n) is 3.97. The predicted octanol–water partition coefficient (Wildman–Crippen LogP) is 2.91. The third kappa shape index (κ3) is 3.85. The first-order valence-corrected chi connectivity index (χ1v) is 6.09. The lowest BCUT2D eigenvalue weighted by molar-refractivity contribution is -0.158. The SMILES string of the molecule is CC(O)C(C)OC(C(=O)O)c1cc(Cl)ccc1Cl. The van der Waals surface area contributed by atoms with E-state index in [0.29, 0.717) is 5.02 Å². The zero-order valence-corrected chi connectivity index (χ0v) is 11.4. The van der Waals surface area contributed by atoms with Crippen molar-refractivity contribution in [2.24, 2.45) is 0 Å². The topological polar surface area (TPSA) is 66.8 Å². The van der Waals surface area contributed by atoms with Gasteiger partial charge in [0.25, 0.3) is 0 Å². The van der Waals surface area contributed by atoms with E-state index in [4.69, 9.17) is 33.0 Å². The average Bonchev–Trinajstić information content (AvgIpc) is 2.28. The van der Waals surface area contributed by atoms with Gasteiger partial charge in [0.2, 0.25) is 0 Å². The number of hydrogen-bond donors (Lipinski definition) is 2. The summed E-state index contributed by atoms with van der Waals surface area (Å²) in [5.74, 6) is -1.19. The number of carbonyl (C=O) groups is 1. The van der Waals surface area contributed by atoms with Crippen molar-refractivity contribution in [3.8, 4) is 0 Å². The van der Waals surface area contributed by atoms with Crippen LogP contribution in [0.1, 0.15) is 25.5 Å². The van der Waals surface area contributed by atoms with Crippen LogP contribution < -0.4 is 0 Å². The van der Waals surface area contributed by atoms with E-state index in [1.54, 1.807) is 13.0 Å². The Morgan fingerprint density at radius 2 is 1.94 bits per heavy atom. The van der Waals surface area contributed by atoms with Gasteiger partial charge < -0.3 is 14.9 Å². The van der Waals surface area contributed by atoms with E-state index in [1.807, 2.05) is 0 Å². The highest BCUT2D eigenvalue weighted by Crippen LogP contribution is 2.30. The molecule has 1 rings (SSSR count). The van der Waals surface area contributed by atoms with Crippen LogP contribution in [0.2, 0.25) is 10.0 Å². The van der Waals surface area contributed by atoms with Gasteiger partial charge in [-0.15, -0.1) is 0 Å². The van der Waals surface area contributed by atoms with Gasteiger partial charge in [-0.1, -0.05) is 23.2 Å². The second-order valence-corrected chi connectivity index (χ2v) is 4.81. The monoisotopic (exact) mass is 292 g/mol. The summed E-state index contributed by atoms with van der Waals surface area (Å²) in [6, 6.07) is 4.51. The number of hydrogen-bond acceptors (Lipinski definition) is 3. The van der Waals surface area contributed by atoms with Crippen LogP contribution in [0.15, 0.2) is 18.2 Å². The van der Waals surface area contributed by atoms with Crippen LogP contribution >= 0.6 is 23.2 Å². The third-order valence-electron chi connectivity index (χ3n) is 2.49. The summed E-state index contributed by atoms with van der Waals surface area (Å²) < 4.78 is 5.30. The maximum atomic E-state index is 11.2. The largest absolute Gasteiger partial charge is 0.479 e. The van der Waals surface area contributed by atoms with Crippen molar-refractivity contribution in [1.82, 2.24) is 0 Å². The number of carboxylic acid groups (broad SMARTS) is 1. The molecule has 3 unspecified atom stereocenters. The third-order valence-corrected chi connectivity index (χ3v) is 3.07. The standard InChI is InChI=1S/C12H14Cl2O4/c1-6(15)7(2)18-11(12(16)17)9-5-8(13)3-4-10(9)14/h3-7,11,15H,1-2H3,(H,16,17). The minimum atomic E-state index is -1.26. The smallest absolute Gasteiger partial charge is 0.337 e. The molecule has 2 N–H and O–H groups in total. The zero-order chi connectivity index (χ0) is 13.9. The molecule has 0 aliphatic rings. The second kappa shape index (κ2) is 6.38. The summed E-state index contributed by atoms with van der Waals surface area (Å²) in [6.07, 6.45) is -2.69. The number of aliphatic hydroxyl groups is 1. The minimum Gasteiger partial charge on any atom is -0.479 e. The molecular weight excluding hydrogens is 279 g/mol. The summed E-state index contributed by atoms with van der Waals surface area (Å²) in [6.45, 7) is 3.10. The molecule has 18 heavy (non-hydrogen) atoms. The highest BCUT2D eigenvalue weighted by Gasteiger charge is 2.27. The van der Waals surface area contributed by atoms with Gasteiger partial charge in [0.15, 0.2) is 6.10 Å². The fraction of sp³-hybridized carbons (Fsp3) is 0.417. The van der Waals surface area contributed by atoms with E-state index in [-0.39, 0.29) is 10.6 Å². The number of ether oxygens (including phenoxy) is 1. The normalized spacial score (nSPS) is 16.1. The molecule has 0 radical (unpaired) electrons. The summed E-state index contributed by atoms with van der Waals surface area (Å²) in [5, 5.41) is 19.1. The number of halogens is 2. The van der Waals surface area contributed by atoms with Gasteiger partial charge in [0, 0.05) is 15.6 Å². The molecule has 0 fully saturated rings. The van der Waals surface area contributed by atoms with Crippen LogP contribution in [-0.4, -0.2) is 28.4 Å². The van der Waals surface area contributed by atoms with Crippen LogP contribution in [-0.2, 0) is 9.53 Å². The van der Waals surface area contributed by atoms with E-state index < -0.39 is 24.3 Å². The zero-order valence-electron chi connectivity index (χ0n) is 9.93. The van der Waals surface area contributed by atoms with Crippen molar-refractivity contribution in [2.75, 3.05) is 0 Å². The van der Waals surface area contributed by atoms with Crippen molar-refractivity contribution in [1.29, 1.82) is 0 Å². The van der Waals surface area contributed by atoms with Crippen molar-refractivity contribution in [3.63, 3.8) is 0 Å². The summed E-state index contributed by atoms with van der Waals surface area (Å²) in [5.41, 5.74) is 0.268. The molecule has 4 nitrogen and oxygen atoms in total. The van der Waals surface area contributed by atoms with Crippen LogP contribution in [0.4, 0.5) is 0 Å². The quantitative estimate of drug-likeness (QED) is 0.876. The van der Waals surface area contributed by atoms with Crippen LogP contribution in [0.3, 0.4) is 0 Å². The molecule has 0 aliphatic heterocycles. The Bertz CT molecular complexity index is 434. The van der Waals surface area contributed by atoms with Crippen LogP contribution in [0.5, 0.6) is 0 Å². The molecule has 0 heterocycles. The fourth-order valence-corrected chi connectivity index (χ4v) is 1.71. The minimum absolute atomic E-state index is 0.254. The van der Waals surface area contributed by atoms with Gasteiger partial charge in [-0.3, -0.25) is 0 Å². The Morgan fingerprint density at radius 3 is 2.44 bits per heavy atom. The lowest BCUT2D eigenvalue weighted by Crippen LogP contribution is -2.28. The number of aliphatic carboxylic acids is 1.